The minimum Gasteiger partial charge on any atom is -0.481 e. The number of rotatable bonds is 5. The summed E-state index contributed by atoms with van der Waals surface area (Å²) in [5.74, 6) is 0.637. The summed E-state index contributed by atoms with van der Waals surface area (Å²) in [6, 6.07) is 0. The van der Waals surface area contributed by atoms with Crippen LogP contribution in [-0.4, -0.2) is 39.2 Å². The van der Waals surface area contributed by atoms with Gasteiger partial charge in [-0.1, -0.05) is 19.0 Å². The standard InChI is InChI=1S/C13H21N3O3/c1-3-4-12-14-11(15-19-12)8-16-6-5-10(13(17)18)9(2)7-16/h9-10H,3-8H2,1-2H3,(H,17,18). The topological polar surface area (TPSA) is 79.5 Å². The van der Waals surface area contributed by atoms with Gasteiger partial charge in [-0.05, 0) is 25.3 Å². The molecule has 2 unspecified atom stereocenters. The predicted molar refractivity (Wildman–Crippen MR) is 68.5 cm³/mol. The fourth-order valence-electron chi connectivity index (χ4n) is 2.61. The smallest absolute Gasteiger partial charge is 0.306 e. The van der Waals surface area contributed by atoms with Gasteiger partial charge in [-0.25, -0.2) is 0 Å². The van der Waals surface area contributed by atoms with Crippen molar-refractivity contribution in [1.82, 2.24) is 15.0 Å². The average molecular weight is 267 g/mol. The molecule has 0 bridgehead atoms. The maximum absolute atomic E-state index is 11.0. The Hall–Kier alpha value is -1.43. The molecule has 0 amide bonds. The molecule has 1 aromatic heterocycles. The summed E-state index contributed by atoms with van der Waals surface area (Å²) in [6.07, 6.45) is 2.49. The van der Waals surface area contributed by atoms with Crippen LogP contribution in [0.15, 0.2) is 4.52 Å². The van der Waals surface area contributed by atoms with E-state index in [-0.39, 0.29) is 11.8 Å². The maximum Gasteiger partial charge on any atom is 0.306 e. The van der Waals surface area contributed by atoms with Gasteiger partial charge in [-0.15, -0.1) is 0 Å². The van der Waals surface area contributed by atoms with Crippen molar-refractivity contribution in [3.8, 4) is 0 Å². The number of piperidine rings is 1. The van der Waals surface area contributed by atoms with E-state index in [0.717, 1.165) is 25.9 Å². The highest BCUT2D eigenvalue weighted by Crippen LogP contribution is 2.24. The first-order valence-corrected chi connectivity index (χ1v) is 6.86. The molecule has 0 aliphatic carbocycles. The van der Waals surface area contributed by atoms with Crippen molar-refractivity contribution in [1.29, 1.82) is 0 Å². The van der Waals surface area contributed by atoms with E-state index in [4.69, 9.17) is 9.63 Å². The van der Waals surface area contributed by atoms with Crippen LogP contribution >= 0.6 is 0 Å². The molecule has 1 fully saturated rings. The Bertz CT molecular complexity index is 433. The highest BCUT2D eigenvalue weighted by atomic mass is 16.5. The number of aliphatic carboxylic acids is 1. The van der Waals surface area contributed by atoms with Crippen molar-refractivity contribution in [2.75, 3.05) is 13.1 Å². The molecule has 1 N–H and O–H groups in total. The van der Waals surface area contributed by atoms with Crippen molar-refractivity contribution in [2.45, 2.75) is 39.7 Å². The Morgan fingerprint density at radius 3 is 3.00 bits per heavy atom. The first-order valence-electron chi connectivity index (χ1n) is 6.86. The van der Waals surface area contributed by atoms with E-state index in [0.29, 0.717) is 24.7 Å². The zero-order valence-electron chi connectivity index (χ0n) is 11.5. The zero-order chi connectivity index (χ0) is 13.8. The molecule has 1 aliphatic heterocycles. The molecule has 106 valence electrons. The first-order chi connectivity index (χ1) is 9.10. The number of aryl methyl sites for hydroxylation is 1. The molecule has 6 nitrogen and oxygen atoms in total. The molecule has 2 rings (SSSR count). The monoisotopic (exact) mass is 267 g/mol. The van der Waals surface area contributed by atoms with Crippen LogP contribution in [0.3, 0.4) is 0 Å². The van der Waals surface area contributed by atoms with Gasteiger partial charge in [0.25, 0.3) is 0 Å². The van der Waals surface area contributed by atoms with E-state index < -0.39 is 5.97 Å². The fraction of sp³-hybridized carbons (Fsp3) is 0.769. The van der Waals surface area contributed by atoms with Crippen molar-refractivity contribution in [3.05, 3.63) is 11.7 Å². The first kappa shape index (κ1) is 14.0. The van der Waals surface area contributed by atoms with Crippen molar-refractivity contribution < 1.29 is 14.4 Å². The maximum atomic E-state index is 11.0. The average Bonchev–Trinajstić information content (AvgIpc) is 2.76. The lowest BCUT2D eigenvalue weighted by Gasteiger charge is -2.34. The third-order valence-corrected chi connectivity index (χ3v) is 3.65. The summed E-state index contributed by atoms with van der Waals surface area (Å²) in [7, 11) is 0. The molecule has 1 aromatic rings. The number of carboxylic acids is 1. The van der Waals surface area contributed by atoms with Crippen LogP contribution in [0, 0.1) is 11.8 Å². The lowest BCUT2D eigenvalue weighted by Crippen LogP contribution is -2.41. The molecule has 6 heteroatoms. The molecule has 0 aromatic carbocycles. The number of hydrogen-bond acceptors (Lipinski definition) is 5. The van der Waals surface area contributed by atoms with Crippen LogP contribution in [0.1, 0.15) is 38.4 Å². The molecule has 1 saturated heterocycles. The van der Waals surface area contributed by atoms with Crippen LogP contribution < -0.4 is 0 Å². The molecular weight excluding hydrogens is 246 g/mol. The lowest BCUT2D eigenvalue weighted by molar-refractivity contribution is -0.145. The summed E-state index contributed by atoms with van der Waals surface area (Å²) in [6.45, 7) is 6.25. The quantitative estimate of drug-likeness (QED) is 0.872. The Labute approximate surface area is 112 Å². The molecule has 0 saturated carbocycles. The summed E-state index contributed by atoms with van der Waals surface area (Å²) < 4.78 is 5.15. The molecule has 0 radical (unpaired) electrons. The Morgan fingerprint density at radius 2 is 2.37 bits per heavy atom. The second-order valence-electron chi connectivity index (χ2n) is 5.30. The third-order valence-electron chi connectivity index (χ3n) is 3.65. The van der Waals surface area contributed by atoms with Gasteiger partial charge in [0, 0.05) is 13.0 Å². The SMILES string of the molecule is CCCc1nc(CN2CCC(C(=O)O)C(C)C2)no1. The highest BCUT2D eigenvalue weighted by molar-refractivity contribution is 5.70. The number of hydrogen-bond donors (Lipinski definition) is 1. The van der Waals surface area contributed by atoms with Gasteiger partial charge < -0.3 is 9.63 Å². The second-order valence-corrected chi connectivity index (χ2v) is 5.30. The van der Waals surface area contributed by atoms with E-state index in [9.17, 15) is 4.79 Å². The summed E-state index contributed by atoms with van der Waals surface area (Å²) >= 11 is 0. The number of likely N-dealkylation sites (tertiary alicyclic amines) is 1. The zero-order valence-corrected chi connectivity index (χ0v) is 11.5. The summed E-state index contributed by atoms with van der Waals surface area (Å²) in [5.41, 5.74) is 0. The van der Waals surface area contributed by atoms with Crippen LogP contribution in [0.4, 0.5) is 0 Å². The Morgan fingerprint density at radius 1 is 1.58 bits per heavy atom. The molecule has 19 heavy (non-hydrogen) atoms. The number of nitrogens with zero attached hydrogens (tertiary/aromatic N) is 3. The van der Waals surface area contributed by atoms with Gasteiger partial charge in [0.1, 0.15) is 0 Å². The number of carboxylic acid groups (broad SMARTS) is 1. The second kappa shape index (κ2) is 6.14. The third kappa shape index (κ3) is 3.53. The summed E-state index contributed by atoms with van der Waals surface area (Å²) in [5, 5.41) is 13.1. The van der Waals surface area contributed by atoms with E-state index >= 15 is 0 Å². The lowest BCUT2D eigenvalue weighted by atomic mass is 9.87. The Balaban J connectivity index is 1.88. The molecule has 0 spiro atoms. The van der Waals surface area contributed by atoms with Gasteiger partial charge in [0.15, 0.2) is 5.82 Å². The van der Waals surface area contributed by atoms with E-state index in [2.05, 4.69) is 22.0 Å². The largest absolute Gasteiger partial charge is 0.481 e. The van der Waals surface area contributed by atoms with E-state index in [1.54, 1.807) is 0 Å². The molecular formula is C13H21N3O3. The van der Waals surface area contributed by atoms with Crippen molar-refractivity contribution >= 4 is 5.97 Å². The minimum atomic E-state index is -0.683. The van der Waals surface area contributed by atoms with Crippen LogP contribution in [0.5, 0.6) is 0 Å². The number of carbonyl (C=O) groups is 1. The van der Waals surface area contributed by atoms with Gasteiger partial charge in [-0.3, -0.25) is 9.69 Å². The predicted octanol–water partition coefficient (Wildman–Crippen LogP) is 1.56. The fourth-order valence-corrected chi connectivity index (χ4v) is 2.61. The van der Waals surface area contributed by atoms with E-state index in [1.807, 2.05) is 6.92 Å². The summed E-state index contributed by atoms with van der Waals surface area (Å²) in [4.78, 5) is 17.6. The normalized spacial score (nSPS) is 24.5. The highest BCUT2D eigenvalue weighted by Gasteiger charge is 2.31. The van der Waals surface area contributed by atoms with Crippen molar-refractivity contribution in [3.63, 3.8) is 0 Å². The van der Waals surface area contributed by atoms with Crippen LogP contribution in [0.2, 0.25) is 0 Å². The van der Waals surface area contributed by atoms with Crippen LogP contribution in [0.25, 0.3) is 0 Å². The van der Waals surface area contributed by atoms with Gasteiger partial charge in [-0.2, -0.15) is 4.98 Å². The minimum absolute atomic E-state index is 0.160. The van der Waals surface area contributed by atoms with Gasteiger partial charge in [0.05, 0.1) is 12.5 Å². The molecule has 2 heterocycles. The van der Waals surface area contributed by atoms with Gasteiger partial charge in [0.2, 0.25) is 5.89 Å². The van der Waals surface area contributed by atoms with Crippen molar-refractivity contribution in [2.24, 2.45) is 11.8 Å². The van der Waals surface area contributed by atoms with E-state index in [1.165, 1.54) is 0 Å². The number of aromatic nitrogens is 2. The Kier molecular flexibility index (Phi) is 4.52. The van der Waals surface area contributed by atoms with Gasteiger partial charge >= 0.3 is 5.97 Å². The van der Waals surface area contributed by atoms with Crippen LogP contribution in [-0.2, 0) is 17.8 Å². The molecule has 1 aliphatic rings. The molecule has 2 atom stereocenters.